The van der Waals surface area contributed by atoms with Gasteiger partial charge in [0.15, 0.2) is 0 Å². The average Bonchev–Trinajstić information content (AvgIpc) is 1.91. The van der Waals surface area contributed by atoms with Gasteiger partial charge >= 0.3 is 0 Å². The predicted octanol–water partition coefficient (Wildman–Crippen LogP) is 1.50. The second-order valence-corrected chi connectivity index (χ2v) is 5.95. The highest BCUT2D eigenvalue weighted by Crippen LogP contribution is 2.36. The van der Waals surface area contributed by atoms with Gasteiger partial charge in [-0.05, 0) is 13.3 Å². The summed E-state index contributed by atoms with van der Waals surface area (Å²) in [5.41, 5.74) is 1.38. The first-order valence-electron chi connectivity index (χ1n) is 4.15. The Morgan fingerprint density at radius 1 is 1.75 bits per heavy atom. The number of hydrogen-bond donors (Lipinski definition) is 1. The molecule has 1 aliphatic heterocycles. The molecule has 4 heteroatoms. The highest BCUT2D eigenvalue weighted by molar-refractivity contribution is 7.57. The van der Waals surface area contributed by atoms with Crippen LogP contribution in [0.1, 0.15) is 13.3 Å². The summed E-state index contributed by atoms with van der Waals surface area (Å²) in [4.78, 5) is 11.2. The Balaban J connectivity index is 2.43. The molecule has 70 valence electrons. The van der Waals surface area contributed by atoms with Crippen LogP contribution in [-0.2, 0) is 4.57 Å². The molecule has 1 N–H and O–H groups in total. The Morgan fingerprint density at radius 2 is 2.42 bits per heavy atom. The van der Waals surface area contributed by atoms with Gasteiger partial charge < -0.3 is 4.89 Å². The number of hydrogen-bond acceptors (Lipinski definition) is 2. The van der Waals surface area contributed by atoms with Crippen molar-refractivity contribution in [1.29, 1.82) is 0 Å². The quantitative estimate of drug-likeness (QED) is 0.528. The van der Waals surface area contributed by atoms with E-state index in [1.54, 1.807) is 0 Å². The van der Waals surface area contributed by atoms with E-state index in [0.29, 0.717) is 6.29 Å². The zero-order valence-corrected chi connectivity index (χ0v) is 8.55. The van der Waals surface area contributed by atoms with Gasteiger partial charge in [-0.1, -0.05) is 11.6 Å². The summed E-state index contributed by atoms with van der Waals surface area (Å²) in [7, 11) is -2.86. The maximum absolute atomic E-state index is 11.1. The third-order valence-corrected chi connectivity index (χ3v) is 2.91. The molecule has 3 nitrogen and oxygen atoms in total. The summed E-state index contributed by atoms with van der Waals surface area (Å²) >= 11 is 0. The Morgan fingerprint density at radius 3 is 2.83 bits per heavy atom. The highest BCUT2D eigenvalue weighted by Gasteiger charge is 2.17. The average molecular weight is 189 g/mol. The lowest BCUT2D eigenvalue weighted by Gasteiger charge is -2.25. The second-order valence-electron chi connectivity index (χ2n) is 3.57. The molecular weight excluding hydrogens is 173 g/mol. The van der Waals surface area contributed by atoms with E-state index in [0.717, 1.165) is 19.5 Å². The molecule has 0 radical (unpaired) electrons. The van der Waals surface area contributed by atoms with Crippen molar-refractivity contribution in [3.05, 3.63) is 11.6 Å². The lowest BCUT2D eigenvalue weighted by atomic mass is 10.1. The van der Waals surface area contributed by atoms with Crippen molar-refractivity contribution in [2.75, 3.05) is 26.0 Å². The fourth-order valence-corrected chi connectivity index (χ4v) is 2.31. The molecule has 0 aromatic carbocycles. The minimum Gasteiger partial charge on any atom is -0.344 e. The minimum absolute atomic E-state index is 0.330. The standard InChI is InChI=1S/C8H16NO2P/c1-8-3-5-9(6-4-8)7-12(2,10)11/h3H,4-7H2,1-2H3,(H,10,11). The van der Waals surface area contributed by atoms with E-state index in [4.69, 9.17) is 4.89 Å². The van der Waals surface area contributed by atoms with Crippen molar-refractivity contribution in [2.45, 2.75) is 13.3 Å². The molecule has 0 spiro atoms. The summed E-state index contributed by atoms with van der Waals surface area (Å²) in [5, 5.41) is 0. The molecule has 0 bridgehead atoms. The summed E-state index contributed by atoms with van der Waals surface area (Å²) in [6.07, 6.45) is 3.48. The summed E-state index contributed by atoms with van der Waals surface area (Å²) in [6, 6.07) is 0. The van der Waals surface area contributed by atoms with Gasteiger partial charge in [-0.15, -0.1) is 0 Å². The van der Waals surface area contributed by atoms with E-state index in [-0.39, 0.29) is 0 Å². The van der Waals surface area contributed by atoms with Crippen molar-refractivity contribution in [1.82, 2.24) is 4.90 Å². The van der Waals surface area contributed by atoms with Gasteiger partial charge in [0.2, 0.25) is 7.37 Å². The van der Waals surface area contributed by atoms with Crippen LogP contribution in [0.2, 0.25) is 0 Å². The Labute approximate surface area is 73.5 Å². The lowest BCUT2D eigenvalue weighted by Crippen LogP contribution is -2.29. The summed E-state index contributed by atoms with van der Waals surface area (Å²) in [6.45, 7) is 5.25. The Hall–Kier alpha value is -0.110. The van der Waals surface area contributed by atoms with E-state index in [2.05, 4.69) is 13.0 Å². The monoisotopic (exact) mass is 189 g/mol. The highest BCUT2D eigenvalue weighted by atomic mass is 31.2. The Bertz CT molecular complexity index is 231. The van der Waals surface area contributed by atoms with Crippen LogP contribution in [0.15, 0.2) is 11.6 Å². The number of rotatable bonds is 2. The molecule has 0 amide bonds. The van der Waals surface area contributed by atoms with Gasteiger partial charge in [0.05, 0.1) is 6.29 Å². The van der Waals surface area contributed by atoms with E-state index in [1.165, 1.54) is 12.2 Å². The molecule has 1 atom stereocenters. The van der Waals surface area contributed by atoms with E-state index in [9.17, 15) is 4.57 Å². The SMILES string of the molecule is CC1=CCN(CP(C)(=O)O)CC1. The van der Waals surface area contributed by atoms with Crippen LogP contribution in [0.25, 0.3) is 0 Å². The summed E-state index contributed by atoms with van der Waals surface area (Å²) in [5.74, 6) is 0. The third-order valence-electron chi connectivity index (χ3n) is 1.98. The normalized spacial score (nSPS) is 24.8. The maximum atomic E-state index is 11.1. The van der Waals surface area contributed by atoms with Gasteiger partial charge in [0.1, 0.15) is 0 Å². The van der Waals surface area contributed by atoms with Crippen LogP contribution < -0.4 is 0 Å². The van der Waals surface area contributed by atoms with Crippen molar-refractivity contribution in [3.63, 3.8) is 0 Å². The molecule has 0 saturated heterocycles. The van der Waals surface area contributed by atoms with Gasteiger partial charge in [0, 0.05) is 19.8 Å². The second kappa shape index (κ2) is 3.73. The zero-order valence-electron chi connectivity index (χ0n) is 7.66. The smallest absolute Gasteiger partial charge is 0.211 e. The molecule has 0 aromatic heterocycles. The minimum atomic E-state index is -2.86. The molecule has 0 saturated carbocycles. The van der Waals surface area contributed by atoms with Gasteiger partial charge in [-0.3, -0.25) is 9.46 Å². The lowest BCUT2D eigenvalue weighted by molar-refractivity contribution is 0.323. The molecule has 1 rings (SSSR count). The fraction of sp³-hybridized carbons (Fsp3) is 0.750. The molecule has 1 unspecified atom stereocenters. The van der Waals surface area contributed by atoms with Gasteiger partial charge in [-0.25, -0.2) is 0 Å². The molecule has 12 heavy (non-hydrogen) atoms. The molecule has 0 fully saturated rings. The van der Waals surface area contributed by atoms with Gasteiger partial charge in [0.25, 0.3) is 0 Å². The third kappa shape index (κ3) is 3.53. The van der Waals surface area contributed by atoms with Crippen LogP contribution in [0.5, 0.6) is 0 Å². The van der Waals surface area contributed by atoms with E-state index >= 15 is 0 Å². The fourth-order valence-electron chi connectivity index (χ4n) is 1.31. The number of nitrogens with zero attached hydrogens (tertiary/aromatic N) is 1. The van der Waals surface area contributed by atoms with Crippen molar-refractivity contribution < 1.29 is 9.46 Å². The first-order chi connectivity index (χ1) is 5.47. The molecule has 1 aliphatic rings. The topological polar surface area (TPSA) is 40.5 Å². The zero-order chi connectivity index (χ0) is 9.19. The van der Waals surface area contributed by atoms with Crippen LogP contribution in [0.4, 0.5) is 0 Å². The van der Waals surface area contributed by atoms with Crippen molar-refractivity contribution >= 4 is 7.37 Å². The van der Waals surface area contributed by atoms with Gasteiger partial charge in [-0.2, -0.15) is 0 Å². The maximum Gasteiger partial charge on any atom is 0.211 e. The first kappa shape index (κ1) is 9.97. The predicted molar refractivity (Wildman–Crippen MR) is 50.6 cm³/mol. The van der Waals surface area contributed by atoms with Crippen LogP contribution in [-0.4, -0.2) is 35.8 Å². The van der Waals surface area contributed by atoms with Crippen LogP contribution >= 0.6 is 7.37 Å². The van der Waals surface area contributed by atoms with E-state index < -0.39 is 7.37 Å². The van der Waals surface area contributed by atoms with Crippen LogP contribution in [0, 0.1) is 0 Å². The summed E-state index contributed by atoms with van der Waals surface area (Å²) < 4.78 is 11.1. The van der Waals surface area contributed by atoms with Crippen molar-refractivity contribution in [3.8, 4) is 0 Å². The Kier molecular flexibility index (Phi) is 3.10. The first-order valence-corrected chi connectivity index (χ1v) is 6.44. The molecule has 0 aliphatic carbocycles. The van der Waals surface area contributed by atoms with E-state index in [1.807, 2.05) is 4.90 Å². The molecule has 0 aromatic rings. The van der Waals surface area contributed by atoms with Crippen molar-refractivity contribution in [2.24, 2.45) is 0 Å². The van der Waals surface area contributed by atoms with Crippen LogP contribution in [0.3, 0.4) is 0 Å². The molecule has 1 heterocycles. The largest absolute Gasteiger partial charge is 0.344 e. The molecular formula is C8H16NO2P.